The molecule has 1 aromatic heterocycles. The van der Waals surface area contributed by atoms with Crippen LogP contribution in [0.15, 0.2) is 30.3 Å². The second-order valence-electron chi connectivity index (χ2n) is 5.84. The van der Waals surface area contributed by atoms with E-state index in [4.69, 9.17) is 21.1 Å². The molecule has 25 heavy (non-hydrogen) atoms. The van der Waals surface area contributed by atoms with Gasteiger partial charge in [-0.05, 0) is 30.3 Å². The van der Waals surface area contributed by atoms with Gasteiger partial charge in [-0.3, -0.25) is 9.69 Å². The summed E-state index contributed by atoms with van der Waals surface area (Å²) in [5.74, 6) is 1.20. The summed E-state index contributed by atoms with van der Waals surface area (Å²) in [5, 5.41) is 0. The van der Waals surface area contributed by atoms with Crippen LogP contribution in [-0.2, 0) is 6.54 Å². The number of hydrogen-bond acceptors (Lipinski definition) is 5. The minimum atomic E-state index is -0.0189. The maximum atomic E-state index is 12.9. The normalized spacial score (nSPS) is 15.2. The molecule has 7 heteroatoms. The predicted octanol–water partition coefficient (Wildman–Crippen LogP) is 3.38. The van der Waals surface area contributed by atoms with Gasteiger partial charge in [-0.2, -0.15) is 0 Å². The molecule has 134 valence electrons. The molecule has 0 unspecified atom stereocenters. The predicted molar refractivity (Wildman–Crippen MR) is 100 cm³/mol. The molecule has 0 spiro atoms. The van der Waals surface area contributed by atoms with Gasteiger partial charge in [-0.25, -0.2) is 0 Å². The number of hydrogen-bond donors (Lipinski definition) is 0. The fraction of sp³-hybridized carbons (Fsp3) is 0.389. The lowest BCUT2D eigenvalue weighted by Gasteiger charge is -2.34. The Morgan fingerprint density at radius 2 is 1.88 bits per heavy atom. The van der Waals surface area contributed by atoms with Gasteiger partial charge in [0.05, 0.1) is 24.1 Å². The van der Waals surface area contributed by atoms with Crippen LogP contribution in [0.4, 0.5) is 0 Å². The lowest BCUT2D eigenvalue weighted by Crippen LogP contribution is -2.48. The molecule has 0 aliphatic carbocycles. The molecule has 1 saturated heterocycles. The molecule has 1 fully saturated rings. The molecule has 0 atom stereocenters. The van der Waals surface area contributed by atoms with Crippen molar-refractivity contribution in [3.05, 3.63) is 45.1 Å². The number of piperazine rings is 1. The molecule has 0 saturated carbocycles. The monoisotopic (exact) mass is 380 g/mol. The summed E-state index contributed by atoms with van der Waals surface area (Å²) in [5.41, 5.74) is 0.542. The third-order valence-corrected chi connectivity index (χ3v) is 5.52. The van der Waals surface area contributed by atoms with Crippen LogP contribution in [0.5, 0.6) is 11.5 Å². The van der Waals surface area contributed by atoms with Crippen molar-refractivity contribution in [2.45, 2.75) is 6.54 Å². The number of amides is 1. The van der Waals surface area contributed by atoms with E-state index in [9.17, 15) is 4.79 Å². The number of nitrogens with zero attached hydrogens (tertiary/aromatic N) is 2. The third kappa shape index (κ3) is 4.26. The lowest BCUT2D eigenvalue weighted by atomic mass is 10.1. The zero-order valence-electron chi connectivity index (χ0n) is 14.3. The van der Waals surface area contributed by atoms with Gasteiger partial charge < -0.3 is 14.4 Å². The lowest BCUT2D eigenvalue weighted by molar-refractivity contribution is 0.0626. The summed E-state index contributed by atoms with van der Waals surface area (Å²) >= 11 is 7.60. The summed E-state index contributed by atoms with van der Waals surface area (Å²) in [4.78, 5) is 18.3. The van der Waals surface area contributed by atoms with E-state index in [1.807, 2.05) is 11.0 Å². The first-order chi connectivity index (χ1) is 12.1. The molecule has 3 rings (SSSR count). The Morgan fingerprint density at radius 1 is 1.12 bits per heavy atom. The maximum absolute atomic E-state index is 12.9. The molecule has 0 bridgehead atoms. The van der Waals surface area contributed by atoms with Crippen molar-refractivity contribution in [2.24, 2.45) is 0 Å². The van der Waals surface area contributed by atoms with Gasteiger partial charge in [0.25, 0.3) is 5.91 Å². The number of rotatable bonds is 5. The minimum Gasteiger partial charge on any atom is -0.497 e. The fourth-order valence-electron chi connectivity index (χ4n) is 2.92. The third-order valence-electron chi connectivity index (χ3n) is 4.30. The van der Waals surface area contributed by atoms with E-state index < -0.39 is 0 Å². The highest BCUT2D eigenvalue weighted by Gasteiger charge is 2.25. The van der Waals surface area contributed by atoms with E-state index in [1.54, 1.807) is 43.8 Å². The van der Waals surface area contributed by atoms with E-state index in [0.717, 1.165) is 24.0 Å². The second-order valence-corrected chi connectivity index (χ2v) is 7.64. The first-order valence-electron chi connectivity index (χ1n) is 8.08. The Morgan fingerprint density at radius 3 is 2.48 bits per heavy atom. The van der Waals surface area contributed by atoms with Gasteiger partial charge in [0.1, 0.15) is 11.5 Å². The van der Waals surface area contributed by atoms with Crippen LogP contribution < -0.4 is 9.47 Å². The van der Waals surface area contributed by atoms with Gasteiger partial charge in [0, 0.05) is 37.6 Å². The first-order valence-corrected chi connectivity index (χ1v) is 9.28. The van der Waals surface area contributed by atoms with Crippen molar-refractivity contribution < 1.29 is 14.3 Å². The number of ether oxygens (including phenoxy) is 2. The maximum Gasteiger partial charge on any atom is 0.257 e. The van der Waals surface area contributed by atoms with Gasteiger partial charge in [-0.1, -0.05) is 11.6 Å². The van der Waals surface area contributed by atoms with Crippen molar-refractivity contribution in [1.82, 2.24) is 9.80 Å². The standard InChI is InChI=1S/C18H21ClN2O3S/c1-23-13-3-5-16(24-2)15(11-13)18(22)21-9-7-20(8-10-21)12-14-4-6-17(19)25-14/h3-6,11H,7-10,12H2,1-2H3. The molecule has 2 aromatic rings. The molecular weight excluding hydrogens is 360 g/mol. The quantitative estimate of drug-likeness (QED) is 0.797. The van der Waals surface area contributed by atoms with E-state index in [1.165, 1.54) is 4.88 Å². The molecular formula is C18H21ClN2O3S. The van der Waals surface area contributed by atoms with Gasteiger partial charge >= 0.3 is 0 Å². The largest absolute Gasteiger partial charge is 0.497 e. The van der Waals surface area contributed by atoms with E-state index in [0.29, 0.717) is 30.2 Å². The summed E-state index contributed by atoms with van der Waals surface area (Å²) in [6.07, 6.45) is 0. The van der Waals surface area contributed by atoms with Gasteiger partial charge in [0.2, 0.25) is 0 Å². The van der Waals surface area contributed by atoms with Crippen LogP contribution in [0.25, 0.3) is 0 Å². The first kappa shape index (κ1) is 18.0. The zero-order chi connectivity index (χ0) is 17.8. The van der Waals surface area contributed by atoms with Crippen molar-refractivity contribution in [3.63, 3.8) is 0 Å². The van der Waals surface area contributed by atoms with Crippen molar-refractivity contribution in [2.75, 3.05) is 40.4 Å². The van der Waals surface area contributed by atoms with Crippen LogP contribution in [0.3, 0.4) is 0 Å². The number of carbonyl (C=O) groups excluding carboxylic acids is 1. The highest BCUT2D eigenvalue weighted by molar-refractivity contribution is 7.16. The van der Waals surface area contributed by atoms with Crippen molar-refractivity contribution in [3.8, 4) is 11.5 Å². The minimum absolute atomic E-state index is 0.0189. The van der Waals surface area contributed by atoms with Crippen LogP contribution in [-0.4, -0.2) is 56.1 Å². The van der Waals surface area contributed by atoms with Crippen LogP contribution in [0.2, 0.25) is 4.34 Å². The highest BCUT2D eigenvalue weighted by Crippen LogP contribution is 2.26. The zero-order valence-corrected chi connectivity index (χ0v) is 15.9. The molecule has 1 amide bonds. The average Bonchev–Trinajstić information content (AvgIpc) is 3.06. The Labute approximate surface area is 156 Å². The van der Waals surface area contributed by atoms with Crippen LogP contribution >= 0.6 is 22.9 Å². The molecule has 0 N–H and O–H groups in total. The Balaban J connectivity index is 1.63. The van der Waals surface area contributed by atoms with Crippen molar-refractivity contribution >= 4 is 28.8 Å². The molecule has 1 aromatic carbocycles. The number of methoxy groups -OCH3 is 2. The Kier molecular flexibility index (Phi) is 5.83. The van der Waals surface area contributed by atoms with Gasteiger partial charge in [0.15, 0.2) is 0 Å². The topological polar surface area (TPSA) is 42.0 Å². The van der Waals surface area contributed by atoms with Gasteiger partial charge in [-0.15, -0.1) is 11.3 Å². The average molecular weight is 381 g/mol. The van der Waals surface area contributed by atoms with Crippen molar-refractivity contribution in [1.29, 1.82) is 0 Å². The summed E-state index contributed by atoms with van der Waals surface area (Å²) in [6.45, 7) is 3.94. The Hall–Kier alpha value is -1.76. The molecule has 1 aliphatic rings. The molecule has 5 nitrogen and oxygen atoms in total. The summed E-state index contributed by atoms with van der Waals surface area (Å²) < 4.78 is 11.4. The number of carbonyl (C=O) groups is 1. The Bertz CT molecular complexity index is 742. The fourth-order valence-corrected chi connectivity index (χ4v) is 4.05. The van der Waals surface area contributed by atoms with E-state index >= 15 is 0 Å². The number of thiophene rings is 1. The summed E-state index contributed by atoms with van der Waals surface area (Å²) in [6, 6.07) is 9.28. The number of halogens is 1. The van der Waals surface area contributed by atoms with Crippen LogP contribution in [0.1, 0.15) is 15.2 Å². The highest BCUT2D eigenvalue weighted by atomic mass is 35.5. The van der Waals surface area contributed by atoms with E-state index in [2.05, 4.69) is 11.0 Å². The summed E-state index contributed by atoms with van der Waals surface area (Å²) in [7, 11) is 3.16. The van der Waals surface area contributed by atoms with Crippen LogP contribution in [0, 0.1) is 0 Å². The smallest absolute Gasteiger partial charge is 0.257 e. The second kappa shape index (κ2) is 8.08. The molecule has 1 aliphatic heterocycles. The molecule has 0 radical (unpaired) electrons. The number of benzene rings is 1. The SMILES string of the molecule is COc1ccc(OC)c(C(=O)N2CCN(Cc3ccc(Cl)s3)CC2)c1. The van der Waals surface area contributed by atoms with E-state index in [-0.39, 0.29) is 5.91 Å². The molecule has 2 heterocycles.